The predicted octanol–water partition coefficient (Wildman–Crippen LogP) is 2.56. The molecule has 2 spiro atoms. The highest BCUT2D eigenvalue weighted by atomic mass is 16.5. The third-order valence-corrected chi connectivity index (χ3v) is 6.50. The van der Waals surface area contributed by atoms with Gasteiger partial charge in [-0.15, -0.1) is 0 Å². The number of fused-ring (bicyclic) bond motifs is 2. The summed E-state index contributed by atoms with van der Waals surface area (Å²) in [5.41, 5.74) is 15.0. The van der Waals surface area contributed by atoms with Crippen molar-refractivity contribution < 1.29 is 14.3 Å². The van der Waals surface area contributed by atoms with Crippen LogP contribution in [0.5, 0.6) is 5.75 Å². The third-order valence-electron chi connectivity index (χ3n) is 6.50. The fraction of sp³-hybridized carbons (Fsp3) is 0.391. The molecule has 7 heteroatoms. The van der Waals surface area contributed by atoms with Crippen LogP contribution in [0.4, 0.5) is 5.69 Å². The molecule has 7 nitrogen and oxygen atoms in total. The second-order valence-electron chi connectivity index (χ2n) is 8.60. The van der Waals surface area contributed by atoms with Crippen molar-refractivity contribution in [3.63, 3.8) is 0 Å². The molecule has 5 rings (SSSR count). The quantitative estimate of drug-likeness (QED) is 0.709. The first-order chi connectivity index (χ1) is 14.3. The van der Waals surface area contributed by atoms with Crippen molar-refractivity contribution >= 4 is 17.6 Å². The van der Waals surface area contributed by atoms with Crippen LogP contribution in [-0.4, -0.2) is 42.6 Å². The molecule has 2 atom stereocenters. The van der Waals surface area contributed by atoms with Crippen molar-refractivity contribution in [2.75, 3.05) is 26.0 Å². The van der Waals surface area contributed by atoms with Gasteiger partial charge >= 0.3 is 0 Å². The van der Waals surface area contributed by atoms with E-state index in [4.69, 9.17) is 25.9 Å². The fourth-order valence-corrected chi connectivity index (χ4v) is 4.93. The molecule has 0 saturated carbocycles. The molecule has 0 aliphatic carbocycles. The average Bonchev–Trinajstić information content (AvgIpc) is 2.94. The zero-order chi connectivity index (χ0) is 21.1. The summed E-state index contributed by atoms with van der Waals surface area (Å²) in [5, 5.41) is 0. The normalized spacial score (nSPS) is 27.9. The van der Waals surface area contributed by atoms with Crippen LogP contribution in [0.1, 0.15) is 30.4 Å². The monoisotopic (exact) mass is 406 g/mol. The molecule has 0 radical (unpaired) electrons. The minimum Gasteiger partial charge on any atom is -0.484 e. The number of amides is 1. The van der Waals surface area contributed by atoms with Gasteiger partial charge in [-0.1, -0.05) is 12.1 Å². The highest BCUT2D eigenvalue weighted by Gasteiger charge is 2.58. The topological polar surface area (TPSA) is 103 Å². The lowest BCUT2D eigenvalue weighted by molar-refractivity contribution is -0.139. The lowest BCUT2D eigenvalue weighted by atomic mass is 9.73. The third kappa shape index (κ3) is 2.69. The van der Waals surface area contributed by atoms with Crippen molar-refractivity contribution in [1.29, 1.82) is 0 Å². The first-order valence-electron chi connectivity index (χ1n) is 10.2. The smallest absolute Gasteiger partial charge is 0.261 e. The molecule has 2 aromatic rings. The number of hydrogen-bond donors (Lipinski definition) is 2. The van der Waals surface area contributed by atoms with Crippen LogP contribution in [0.3, 0.4) is 0 Å². The Hall–Kier alpha value is -3.06. The van der Waals surface area contributed by atoms with E-state index >= 15 is 0 Å². The van der Waals surface area contributed by atoms with Crippen molar-refractivity contribution in [3.05, 3.63) is 47.5 Å². The molecule has 1 fully saturated rings. The fourth-order valence-electron chi connectivity index (χ4n) is 4.93. The Kier molecular flexibility index (Phi) is 4.08. The lowest BCUT2D eigenvalue weighted by Gasteiger charge is -2.46. The number of aliphatic imine (C=N–C) groups is 1. The molecular weight excluding hydrogens is 380 g/mol. The van der Waals surface area contributed by atoms with E-state index < -0.39 is 11.1 Å². The number of benzene rings is 2. The van der Waals surface area contributed by atoms with E-state index in [2.05, 4.69) is 0 Å². The van der Waals surface area contributed by atoms with E-state index in [1.54, 1.807) is 7.05 Å². The Morgan fingerprint density at radius 3 is 2.70 bits per heavy atom. The summed E-state index contributed by atoms with van der Waals surface area (Å²) in [5.74, 6) is 0.762. The Labute approximate surface area is 175 Å². The van der Waals surface area contributed by atoms with Crippen LogP contribution < -0.4 is 16.2 Å². The van der Waals surface area contributed by atoms with Crippen LogP contribution >= 0.6 is 0 Å². The number of carbonyl (C=O) groups excluding carboxylic acids is 1. The molecular formula is C23H26N4O3. The Bertz CT molecular complexity index is 1070. The predicted molar refractivity (Wildman–Crippen MR) is 115 cm³/mol. The van der Waals surface area contributed by atoms with E-state index in [9.17, 15) is 4.79 Å². The molecule has 3 aliphatic rings. The Morgan fingerprint density at radius 2 is 2.00 bits per heavy atom. The molecule has 4 N–H and O–H groups in total. The van der Waals surface area contributed by atoms with Gasteiger partial charge in [-0.2, -0.15) is 0 Å². The number of guanidine groups is 1. The number of aryl methyl sites for hydroxylation is 1. The zero-order valence-corrected chi connectivity index (χ0v) is 17.3. The van der Waals surface area contributed by atoms with Gasteiger partial charge in [0.05, 0.1) is 6.61 Å². The van der Waals surface area contributed by atoms with E-state index in [1.165, 1.54) is 4.90 Å². The van der Waals surface area contributed by atoms with E-state index in [0.29, 0.717) is 31.1 Å². The van der Waals surface area contributed by atoms with Crippen LogP contribution in [0, 0.1) is 6.92 Å². The minimum absolute atomic E-state index is 0.129. The van der Waals surface area contributed by atoms with E-state index in [1.807, 2.05) is 43.3 Å². The molecule has 30 heavy (non-hydrogen) atoms. The maximum Gasteiger partial charge on any atom is 0.261 e. The number of nitrogens with two attached hydrogens (primary N) is 2. The second-order valence-corrected chi connectivity index (χ2v) is 8.60. The first kappa shape index (κ1) is 18.9. The molecule has 0 bridgehead atoms. The van der Waals surface area contributed by atoms with Gasteiger partial charge in [0.2, 0.25) is 0 Å². The SMILES string of the molecule is Cc1ccc(N)cc1-c1ccc2c(c1)[C@]1(CC3(CCCOC3)O2)N=C(N)N(C)C1=O. The van der Waals surface area contributed by atoms with Crippen molar-refractivity contribution in [1.82, 2.24) is 4.90 Å². The van der Waals surface area contributed by atoms with Gasteiger partial charge in [0, 0.05) is 31.3 Å². The summed E-state index contributed by atoms with van der Waals surface area (Å²) in [7, 11) is 1.67. The van der Waals surface area contributed by atoms with Gasteiger partial charge in [0.15, 0.2) is 11.5 Å². The number of nitrogen functional groups attached to an aromatic ring is 1. The van der Waals surface area contributed by atoms with Crippen molar-refractivity contribution in [2.45, 2.75) is 37.3 Å². The number of likely N-dealkylation sites (N-methyl/N-ethyl adjacent to an activating group) is 1. The largest absolute Gasteiger partial charge is 0.484 e. The second kappa shape index (κ2) is 6.47. The molecule has 1 saturated heterocycles. The summed E-state index contributed by atoms with van der Waals surface area (Å²) < 4.78 is 12.2. The van der Waals surface area contributed by atoms with E-state index in [0.717, 1.165) is 35.1 Å². The maximum atomic E-state index is 13.5. The Balaban J connectivity index is 1.70. The lowest BCUT2D eigenvalue weighted by Crippen LogP contribution is -2.55. The molecule has 3 aliphatic heterocycles. The van der Waals surface area contributed by atoms with Crippen molar-refractivity contribution in [3.8, 4) is 16.9 Å². The van der Waals surface area contributed by atoms with Gasteiger partial charge < -0.3 is 20.9 Å². The molecule has 3 heterocycles. The molecule has 156 valence electrons. The van der Waals surface area contributed by atoms with Gasteiger partial charge in [-0.3, -0.25) is 9.69 Å². The highest BCUT2D eigenvalue weighted by molar-refractivity contribution is 6.07. The number of carbonyl (C=O) groups is 1. The van der Waals surface area contributed by atoms with Crippen LogP contribution in [0.2, 0.25) is 0 Å². The summed E-state index contributed by atoms with van der Waals surface area (Å²) >= 11 is 0. The molecule has 2 aromatic carbocycles. The highest BCUT2D eigenvalue weighted by Crippen LogP contribution is 2.52. The number of ether oxygens (including phenoxy) is 2. The molecule has 0 aromatic heterocycles. The number of rotatable bonds is 1. The first-order valence-corrected chi connectivity index (χ1v) is 10.2. The van der Waals surface area contributed by atoms with Crippen LogP contribution in [-0.2, 0) is 15.1 Å². The van der Waals surface area contributed by atoms with Gasteiger partial charge in [-0.25, -0.2) is 4.99 Å². The summed E-state index contributed by atoms with van der Waals surface area (Å²) in [6.07, 6.45) is 2.11. The standard InChI is InChI=1S/C23H26N4O3/c1-14-4-6-16(24)11-17(14)15-5-7-19-18(10-15)23(20(28)27(2)21(25)26-23)12-22(30-19)8-3-9-29-13-22/h4-7,10-11H,3,8-9,12-13,24H2,1-2H3,(H2,25,26)/t22?,23-/m0/s1. The Morgan fingerprint density at radius 1 is 1.17 bits per heavy atom. The minimum atomic E-state index is -1.10. The van der Waals surface area contributed by atoms with Gasteiger partial charge in [-0.05, 0) is 60.7 Å². The van der Waals surface area contributed by atoms with Gasteiger partial charge in [0.1, 0.15) is 11.4 Å². The molecule has 1 unspecified atom stereocenters. The van der Waals surface area contributed by atoms with Crippen molar-refractivity contribution in [2.24, 2.45) is 10.7 Å². The maximum absolute atomic E-state index is 13.5. The summed E-state index contributed by atoms with van der Waals surface area (Å²) in [6.45, 7) is 3.19. The molecule has 1 amide bonds. The average molecular weight is 406 g/mol. The summed E-state index contributed by atoms with van der Waals surface area (Å²) in [6, 6.07) is 11.8. The number of hydrogen-bond acceptors (Lipinski definition) is 6. The number of anilines is 1. The van der Waals surface area contributed by atoms with Crippen LogP contribution in [0.15, 0.2) is 41.4 Å². The summed E-state index contributed by atoms with van der Waals surface area (Å²) in [4.78, 5) is 19.6. The van der Waals surface area contributed by atoms with Gasteiger partial charge in [0.25, 0.3) is 5.91 Å². The number of nitrogens with zero attached hydrogens (tertiary/aromatic N) is 2. The van der Waals surface area contributed by atoms with E-state index in [-0.39, 0.29) is 11.9 Å². The zero-order valence-electron chi connectivity index (χ0n) is 17.3. The van der Waals surface area contributed by atoms with Crippen LogP contribution in [0.25, 0.3) is 11.1 Å².